The molecule has 0 spiro atoms. The standard InChI is InChI=1S/C60H64FN9O13/c1-4-60(81)40-26-45-54-38(31-70(45)57(78)39(40)32-82-59(60)80)53-44(22-20-37-34(2)41(61)27-43(67-54)52(37)53)68(3)58(79)55(36-16-10-6-11-17-36)83-33-65-48(73)29-64-56(77)42(21-19-35-14-8-5-9-15-35)66-49(74)30-63-47(72)28-62-46(71)18-12-7-13-25-69-50(75)23-24-51(69)76/h5-6,8-11,14-17,23-24,26-27,42,44,55,81H,4,7,12-13,18-22,25,28-33H2,1-3H3,(H,62,71)(H,63,72)(H,64,77)(H,65,73)(H,66,74)/t42-,44-,55-,60-/m0/s1. The third-order valence-corrected chi connectivity index (χ3v) is 15.7. The van der Waals surface area contributed by atoms with Crippen LogP contribution in [0.4, 0.5) is 4.39 Å². The Morgan fingerprint density at radius 1 is 0.843 bits per heavy atom. The van der Waals surface area contributed by atoms with Crippen molar-refractivity contribution < 1.29 is 62.1 Å². The summed E-state index contributed by atoms with van der Waals surface area (Å²) in [4.78, 5) is 138. The van der Waals surface area contributed by atoms with Crippen LogP contribution >= 0.6 is 0 Å². The maximum Gasteiger partial charge on any atom is 0.343 e. The van der Waals surface area contributed by atoms with E-state index in [0.29, 0.717) is 83.1 Å². The van der Waals surface area contributed by atoms with Gasteiger partial charge in [0, 0.05) is 54.7 Å². The molecule has 0 bridgehead atoms. The Kier molecular flexibility index (Phi) is 18.0. The zero-order valence-corrected chi connectivity index (χ0v) is 46.1. The van der Waals surface area contributed by atoms with Crippen LogP contribution in [0, 0.1) is 12.7 Å². The van der Waals surface area contributed by atoms with Crippen molar-refractivity contribution >= 4 is 64.1 Å². The molecular weight excluding hydrogens is 1070 g/mol. The lowest BCUT2D eigenvalue weighted by molar-refractivity contribution is -0.172. The molecule has 23 heteroatoms. The number of aromatic nitrogens is 2. The molecule has 2 aromatic heterocycles. The summed E-state index contributed by atoms with van der Waals surface area (Å²) in [6.07, 6.45) is 3.94. The second kappa shape index (κ2) is 25.5. The Balaban J connectivity index is 0.822. The topological polar surface area (TPSA) is 294 Å². The number of halogens is 1. The number of esters is 1. The van der Waals surface area contributed by atoms with E-state index in [1.165, 1.54) is 22.8 Å². The van der Waals surface area contributed by atoms with E-state index in [1.54, 1.807) is 62.2 Å². The van der Waals surface area contributed by atoms with E-state index in [4.69, 9.17) is 14.5 Å². The van der Waals surface area contributed by atoms with Gasteiger partial charge in [-0.05, 0) is 85.8 Å². The Morgan fingerprint density at radius 3 is 2.24 bits per heavy atom. The number of amides is 8. The highest BCUT2D eigenvalue weighted by molar-refractivity contribution is 6.12. The number of pyridine rings is 2. The van der Waals surface area contributed by atoms with Gasteiger partial charge in [0.15, 0.2) is 11.7 Å². The highest BCUT2D eigenvalue weighted by Gasteiger charge is 2.46. The number of aliphatic hydroxyl groups is 1. The van der Waals surface area contributed by atoms with Crippen LogP contribution in [0.1, 0.15) is 109 Å². The van der Waals surface area contributed by atoms with Crippen LogP contribution in [0.25, 0.3) is 22.3 Å². The molecule has 3 aliphatic heterocycles. The van der Waals surface area contributed by atoms with Crippen molar-refractivity contribution in [3.8, 4) is 11.4 Å². The molecule has 5 heterocycles. The van der Waals surface area contributed by atoms with Gasteiger partial charge in [0.2, 0.25) is 29.5 Å². The fourth-order valence-electron chi connectivity index (χ4n) is 11.1. The van der Waals surface area contributed by atoms with Gasteiger partial charge in [0.1, 0.15) is 25.2 Å². The van der Waals surface area contributed by atoms with Gasteiger partial charge < -0.3 is 50.6 Å². The zero-order valence-electron chi connectivity index (χ0n) is 46.1. The van der Waals surface area contributed by atoms with Gasteiger partial charge in [-0.1, -0.05) is 74.0 Å². The van der Waals surface area contributed by atoms with Crippen molar-refractivity contribution in [3.05, 3.63) is 146 Å². The van der Waals surface area contributed by atoms with Gasteiger partial charge in [0.25, 0.3) is 23.3 Å². The average molecular weight is 1140 g/mol. The smallest absolute Gasteiger partial charge is 0.343 e. The van der Waals surface area contributed by atoms with Crippen molar-refractivity contribution in [2.24, 2.45) is 0 Å². The maximum absolute atomic E-state index is 15.7. The third-order valence-electron chi connectivity index (χ3n) is 15.7. The van der Waals surface area contributed by atoms with Crippen LogP contribution in [0.5, 0.6) is 0 Å². The van der Waals surface area contributed by atoms with Gasteiger partial charge >= 0.3 is 5.97 Å². The number of imide groups is 1. The number of benzene rings is 3. The van der Waals surface area contributed by atoms with Crippen LogP contribution in [0.2, 0.25) is 0 Å². The second-order valence-corrected chi connectivity index (χ2v) is 20.9. The summed E-state index contributed by atoms with van der Waals surface area (Å²) in [5, 5.41) is 24.8. The maximum atomic E-state index is 15.7. The number of rotatable bonds is 24. The molecule has 6 N–H and O–H groups in total. The zero-order chi connectivity index (χ0) is 59.1. The Hall–Kier alpha value is -8.96. The fourth-order valence-corrected chi connectivity index (χ4v) is 11.1. The minimum Gasteiger partial charge on any atom is -0.458 e. The number of carbonyl (C=O) groups is 9. The monoisotopic (exact) mass is 1140 g/mol. The molecule has 4 aliphatic rings. The number of fused-ring (bicyclic) bond motifs is 5. The number of carbonyl (C=O) groups excluding carboxylic acids is 9. The fraction of sp³-hybridized carbons (Fsp3) is 0.383. The first kappa shape index (κ1) is 58.7. The van der Waals surface area contributed by atoms with Crippen LogP contribution in [0.15, 0.2) is 89.7 Å². The van der Waals surface area contributed by atoms with Gasteiger partial charge in [0.05, 0.1) is 54.7 Å². The van der Waals surface area contributed by atoms with Crippen LogP contribution in [-0.2, 0) is 84.2 Å². The molecule has 83 heavy (non-hydrogen) atoms. The minimum absolute atomic E-state index is 0.0317. The Morgan fingerprint density at radius 2 is 1.52 bits per heavy atom. The first-order chi connectivity index (χ1) is 39.9. The molecule has 4 atom stereocenters. The van der Waals surface area contributed by atoms with Crippen molar-refractivity contribution in [1.29, 1.82) is 0 Å². The molecule has 9 rings (SSSR count). The Bertz CT molecular complexity index is 3500. The summed E-state index contributed by atoms with van der Waals surface area (Å²) in [6, 6.07) is 18.9. The normalized spacial score (nSPS) is 17.2. The number of nitrogens with zero attached hydrogens (tertiary/aromatic N) is 4. The number of cyclic esters (lactones) is 1. The summed E-state index contributed by atoms with van der Waals surface area (Å²) < 4.78 is 28.6. The largest absolute Gasteiger partial charge is 0.458 e. The molecule has 434 valence electrons. The van der Waals surface area contributed by atoms with E-state index in [2.05, 4.69) is 26.6 Å². The second-order valence-electron chi connectivity index (χ2n) is 20.9. The number of nitrogens with one attached hydrogen (secondary N) is 5. The van der Waals surface area contributed by atoms with Crippen molar-refractivity contribution in [1.82, 2.24) is 45.9 Å². The van der Waals surface area contributed by atoms with Crippen LogP contribution in [-0.4, -0.2) is 124 Å². The van der Waals surface area contributed by atoms with Crippen molar-refractivity contribution in [2.45, 2.75) is 109 Å². The van der Waals surface area contributed by atoms with E-state index in [-0.39, 0.29) is 61.9 Å². The van der Waals surface area contributed by atoms with Crippen molar-refractivity contribution in [2.75, 3.05) is 40.0 Å². The average Bonchev–Trinajstić information content (AvgIpc) is 1.74. The quantitative estimate of drug-likeness (QED) is 0.0220. The predicted octanol–water partition coefficient (Wildman–Crippen LogP) is 2.76. The number of ether oxygens (including phenoxy) is 2. The van der Waals surface area contributed by atoms with E-state index >= 15 is 4.39 Å². The predicted molar refractivity (Wildman–Crippen MR) is 296 cm³/mol. The summed E-state index contributed by atoms with van der Waals surface area (Å²) in [6.45, 7) is 1.28. The van der Waals surface area contributed by atoms with Crippen LogP contribution in [0.3, 0.4) is 0 Å². The molecule has 0 unspecified atom stereocenters. The van der Waals surface area contributed by atoms with E-state index in [9.17, 15) is 53.1 Å². The number of hydrogen-bond acceptors (Lipinski definition) is 14. The SMILES string of the molecule is CC[C@@]1(O)C(=O)OCc2c1cc1n(c2=O)Cc2c-1nc1cc(F)c(C)c3c1c2[C@@H](N(C)C(=O)[C@@H](OCNC(=O)CNC(=O)[C@H](CCc1ccccc1)NC(=O)CNC(=O)CNC(=O)CCCCCN1C(=O)C=CC1=O)c1ccccc1)CC3. The van der Waals surface area contributed by atoms with E-state index in [1.807, 2.05) is 30.3 Å². The lowest BCUT2D eigenvalue weighted by atomic mass is 9.81. The number of hydrogen-bond donors (Lipinski definition) is 6. The lowest BCUT2D eigenvalue weighted by Gasteiger charge is -2.36. The van der Waals surface area contributed by atoms with Gasteiger partial charge in [-0.2, -0.15) is 0 Å². The summed E-state index contributed by atoms with van der Waals surface area (Å²) in [7, 11) is 1.62. The molecule has 1 aliphatic carbocycles. The molecule has 0 saturated heterocycles. The molecule has 0 fully saturated rings. The van der Waals surface area contributed by atoms with Gasteiger partial charge in [-0.3, -0.25) is 48.1 Å². The highest BCUT2D eigenvalue weighted by Crippen LogP contribution is 2.48. The number of unbranched alkanes of at least 4 members (excludes halogenated alkanes) is 2. The van der Waals surface area contributed by atoms with E-state index < -0.39 is 103 Å². The first-order valence-corrected chi connectivity index (χ1v) is 27.6. The number of aryl methyl sites for hydroxylation is 2. The minimum atomic E-state index is -2.08. The molecule has 22 nitrogen and oxygen atoms in total. The molecule has 0 radical (unpaired) electrons. The van der Waals surface area contributed by atoms with Crippen LogP contribution < -0.4 is 32.1 Å². The van der Waals surface area contributed by atoms with E-state index in [0.717, 1.165) is 16.0 Å². The molecule has 3 aromatic carbocycles. The lowest BCUT2D eigenvalue weighted by Crippen LogP contribution is -2.51. The number of likely N-dealkylation sites (N-methyl/N-ethyl adjacent to an activating group) is 1. The molecular formula is C60H64FN9O13. The molecule has 8 amide bonds. The molecule has 0 saturated carbocycles. The summed E-state index contributed by atoms with van der Waals surface area (Å²) in [5.74, 6) is -5.73. The third kappa shape index (κ3) is 12.6. The van der Waals surface area contributed by atoms with Gasteiger partial charge in [-0.25, -0.2) is 14.2 Å². The first-order valence-electron chi connectivity index (χ1n) is 27.6. The van der Waals surface area contributed by atoms with Crippen molar-refractivity contribution in [3.63, 3.8) is 0 Å². The highest BCUT2D eigenvalue weighted by atomic mass is 19.1. The molecule has 5 aromatic rings. The van der Waals surface area contributed by atoms with Gasteiger partial charge in [-0.15, -0.1) is 0 Å². The summed E-state index contributed by atoms with van der Waals surface area (Å²) in [5.41, 5.74) is 2.45. The Labute approximate surface area is 476 Å². The summed E-state index contributed by atoms with van der Waals surface area (Å²) >= 11 is 0.